The third kappa shape index (κ3) is 3.13. The second-order valence-corrected chi connectivity index (χ2v) is 4.59. The Hall–Kier alpha value is -1.75. The van der Waals surface area contributed by atoms with Gasteiger partial charge in [-0.1, -0.05) is 23.9 Å². The van der Waals surface area contributed by atoms with Gasteiger partial charge in [0.05, 0.1) is 0 Å². The molecule has 1 aromatic heterocycles. The van der Waals surface area contributed by atoms with E-state index in [2.05, 4.69) is 4.98 Å². The van der Waals surface area contributed by atoms with E-state index < -0.39 is 5.76 Å². The van der Waals surface area contributed by atoms with E-state index in [0.29, 0.717) is 22.2 Å². The molecule has 0 aliphatic rings. The highest BCUT2D eigenvalue weighted by Crippen LogP contribution is 2.27. The summed E-state index contributed by atoms with van der Waals surface area (Å²) in [5.41, 5.74) is 2.11. The Bertz CT molecular complexity index is 543. The molecule has 1 aromatic carbocycles. The number of hydrogen-bond acceptors (Lipinski definition) is 3. The number of benzene rings is 1. The van der Waals surface area contributed by atoms with Crippen LogP contribution in [0.25, 0.3) is 11.1 Å². The molecule has 0 fully saturated rings. The summed E-state index contributed by atoms with van der Waals surface area (Å²) < 4.78 is 24.3. The highest BCUT2D eigenvalue weighted by Gasteiger charge is 2.05. The minimum Gasteiger partial charge on any atom is -0.298 e. The molecule has 0 N–H and O–H groups in total. The highest BCUT2D eigenvalue weighted by atomic mass is 32.2. The first-order valence-electron chi connectivity index (χ1n) is 5.14. The summed E-state index contributed by atoms with van der Waals surface area (Å²) in [6.07, 6.45) is 3.82. The van der Waals surface area contributed by atoms with Gasteiger partial charge in [0, 0.05) is 28.4 Å². The van der Waals surface area contributed by atoms with Gasteiger partial charge in [-0.05, 0) is 23.8 Å². The number of aromatic nitrogens is 1. The molecule has 0 atom stereocenters. The number of nitrogens with zero attached hydrogens (tertiary/aromatic N) is 1. The van der Waals surface area contributed by atoms with E-state index in [1.807, 2.05) is 0 Å². The van der Waals surface area contributed by atoms with E-state index in [0.717, 1.165) is 17.4 Å². The van der Waals surface area contributed by atoms with Crippen LogP contribution in [0.4, 0.5) is 8.78 Å². The Morgan fingerprint density at radius 1 is 1.11 bits per heavy atom. The molecule has 5 heteroatoms. The molecule has 18 heavy (non-hydrogen) atoms. The average Bonchev–Trinajstić information content (AvgIpc) is 2.39. The van der Waals surface area contributed by atoms with Gasteiger partial charge in [0.2, 0.25) is 0 Å². The normalized spacial score (nSPS) is 10.6. The lowest BCUT2D eigenvalue weighted by molar-refractivity contribution is 0.112. The van der Waals surface area contributed by atoms with Crippen molar-refractivity contribution in [1.29, 1.82) is 0 Å². The maximum atomic E-state index is 12.2. The quantitative estimate of drug-likeness (QED) is 0.620. The first kappa shape index (κ1) is 12.7. The molecule has 2 aromatic rings. The lowest BCUT2D eigenvalue weighted by Gasteiger charge is -2.04. The molecule has 0 saturated carbocycles. The summed E-state index contributed by atoms with van der Waals surface area (Å²) in [5.74, 6) is -2.42. The molecule has 0 aliphatic carbocycles. The van der Waals surface area contributed by atoms with Crippen LogP contribution in [0.3, 0.4) is 0 Å². The number of alkyl halides is 2. The van der Waals surface area contributed by atoms with E-state index >= 15 is 0 Å². The van der Waals surface area contributed by atoms with Crippen LogP contribution in [0.15, 0.2) is 47.6 Å². The van der Waals surface area contributed by atoms with Gasteiger partial charge < -0.3 is 0 Å². The van der Waals surface area contributed by atoms with Crippen molar-refractivity contribution in [3.63, 3.8) is 0 Å². The predicted octanol–water partition coefficient (Wildman–Crippen LogP) is 3.88. The average molecular weight is 265 g/mol. The minimum absolute atomic E-state index is 0.485. The van der Waals surface area contributed by atoms with E-state index in [4.69, 9.17) is 0 Å². The largest absolute Gasteiger partial charge is 0.298 e. The van der Waals surface area contributed by atoms with Crippen LogP contribution in [0.2, 0.25) is 0 Å². The van der Waals surface area contributed by atoms with Gasteiger partial charge in [0.15, 0.2) is 6.29 Å². The number of halogens is 2. The maximum absolute atomic E-state index is 12.2. The summed E-state index contributed by atoms with van der Waals surface area (Å²) in [6.45, 7) is 0. The molecule has 0 bridgehead atoms. The molecule has 0 unspecified atom stereocenters. The maximum Gasteiger partial charge on any atom is 0.288 e. The summed E-state index contributed by atoms with van der Waals surface area (Å²) in [5, 5.41) is 0. The van der Waals surface area contributed by atoms with Crippen molar-refractivity contribution in [3.8, 4) is 11.1 Å². The van der Waals surface area contributed by atoms with Gasteiger partial charge in [0.1, 0.15) is 0 Å². The number of thioether (sulfide) groups is 1. The number of hydrogen-bond donors (Lipinski definition) is 0. The van der Waals surface area contributed by atoms with E-state index in [1.165, 1.54) is 6.20 Å². The second kappa shape index (κ2) is 5.73. The topological polar surface area (TPSA) is 30.0 Å². The van der Waals surface area contributed by atoms with Crippen LogP contribution in [0, 0.1) is 0 Å². The molecular weight excluding hydrogens is 256 g/mol. The van der Waals surface area contributed by atoms with Crippen LogP contribution in [-0.2, 0) is 0 Å². The molecule has 2 nitrogen and oxygen atoms in total. The summed E-state index contributed by atoms with van der Waals surface area (Å²) in [4.78, 5) is 15.1. The minimum atomic E-state index is -2.42. The fourth-order valence-electron chi connectivity index (χ4n) is 1.51. The Balaban J connectivity index is 2.25. The van der Waals surface area contributed by atoms with Crippen LogP contribution in [0.5, 0.6) is 0 Å². The smallest absolute Gasteiger partial charge is 0.288 e. The Labute approximate surface area is 107 Å². The van der Waals surface area contributed by atoms with Crippen molar-refractivity contribution >= 4 is 18.0 Å². The third-order valence-corrected chi connectivity index (χ3v) is 3.03. The predicted molar refractivity (Wildman–Crippen MR) is 66.9 cm³/mol. The van der Waals surface area contributed by atoms with Gasteiger partial charge in [-0.3, -0.25) is 9.78 Å². The molecule has 0 radical (unpaired) electrons. The van der Waals surface area contributed by atoms with Gasteiger partial charge in [-0.25, -0.2) is 0 Å². The van der Waals surface area contributed by atoms with Crippen molar-refractivity contribution in [2.24, 2.45) is 0 Å². The Kier molecular flexibility index (Phi) is 4.04. The standard InChI is InChI=1S/C13H9F2NOS/c14-13(15)18-12-3-1-10(2-4-12)11-5-9(8-17)6-16-7-11/h1-8,13H. The zero-order valence-corrected chi connectivity index (χ0v) is 10.0. The van der Waals surface area contributed by atoms with E-state index in [9.17, 15) is 13.6 Å². The zero-order valence-electron chi connectivity index (χ0n) is 9.22. The van der Waals surface area contributed by atoms with Crippen molar-refractivity contribution < 1.29 is 13.6 Å². The Morgan fingerprint density at radius 3 is 2.44 bits per heavy atom. The van der Waals surface area contributed by atoms with Crippen LogP contribution >= 0.6 is 11.8 Å². The first-order chi connectivity index (χ1) is 8.69. The molecule has 92 valence electrons. The number of carbonyl (C=O) groups excluding carboxylic acids is 1. The molecule has 2 rings (SSSR count). The monoisotopic (exact) mass is 265 g/mol. The van der Waals surface area contributed by atoms with Gasteiger partial charge in [0.25, 0.3) is 5.76 Å². The number of pyridine rings is 1. The van der Waals surface area contributed by atoms with Gasteiger partial charge in [-0.15, -0.1) is 0 Å². The molecule has 0 aliphatic heterocycles. The molecule has 0 spiro atoms. The molecule has 0 amide bonds. The zero-order chi connectivity index (χ0) is 13.0. The molecule has 1 heterocycles. The SMILES string of the molecule is O=Cc1cncc(-c2ccc(SC(F)F)cc2)c1. The summed E-state index contributed by atoms with van der Waals surface area (Å²) in [6, 6.07) is 8.42. The molecular formula is C13H9F2NOS. The van der Waals surface area contributed by atoms with Crippen LogP contribution < -0.4 is 0 Å². The Morgan fingerprint density at radius 2 is 1.83 bits per heavy atom. The lowest BCUT2D eigenvalue weighted by atomic mass is 10.1. The van der Waals surface area contributed by atoms with Crippen molar-refractivity contribution in [2.45, 2.75) is 10.7 Å². The fourth-order valence-corrected chi connectivity index (χ4v) is 2.01. The van der Waals surface area contributed by atoms with E-state index in [-0.39, 0.29) is 0 Å². The summed E-state index contributed by atoms with van der Waals surface area (Å²) in [7, 11) is 0. The van der Waals surface area contributed by atoms with Crippen molar-refractivity contribution in [2.75, 3.05) is 0 Å². The van der Waals surface area contributed by atoms with Crippen LogP contribution in [-0.4, -0.2) is 17.0 Å². The number of aldehydes is 1. The second-order valence-electron chi connectivity index (χ2n) is 3.53. The van der Waals surface area contributed by atoms with Crippen LogP contribution in [0.1, 0.15) is 10.4 Å². The van der Waals surface area contributed by atoms with Crippen molar-refractivity contribution in [3.05, 3.63) is 48.3 Å². The van der Waals surface area contributed by atoms with Crippen molar-refractivity contribution in [1.82, 2.24) is 4.98 Å². The summed E-state index contributed by atoms with van der Waals surface area (Å²) >= 11 is 0.505. The first-order valence-corrected chi connectivity index (χ1v) is 6.02. The fraction of sp³-hybridized carbons (Fsp3) is 0.0769. The number of rotatable bonds is 4. The number of carbonyl (C=O) groups is 1. The third-order valence-electron chi connectivity index (χ3n) is 2.31. The molecule has 0 saturated heterocycles. The van der Waals surface area contributed by atoms with Gasteiger partial charge in [-0.2, -0.15) is 8.78 Å². The highest BCUT2D eigenvalue weighted by molar-refractivity contribution is 7.99. The lowest BCUT2D eigenvalue weighted by Crippen LogP contribution is -1.86. The van der Waals surface area contributed by atoms with Gasteiger partial charge >= 0.3 is 0 Å². The van der Waals surface area contributed by atoms with E-state index in [1.54, 1.807) is 36.5 Å².